The number of hydrogen-bond acceptors (Lipinski definition) is 9. The number of Topliss-reactive ketones (excluding diaryl/α,β-unsaturated/α-hetero) is 1. The third-order valence-electron chi connectivity index (χ3n) is 6.80. The number of anilines is 3. The molecule has 0 radical (unpaired) electrons. The second-order valence-corrected chi connectivity index (χ2v) is 9.88. The van der Waals surface area contributed by atoms with Gasteiger partial charge in [0.15, 0.2) is 11.5 Å². The van der Waals surface area contributed by atoms with Crippen LogP contribution in [0.5, 0.6) is 5.75 Å². The molecule has 1 aromatic heterocycles. The van der Waals surface area contributed by atoms with E-state index in [-0.39, 0.29) is 29.1 Å². The lowest BCUT2D eigenvalue weighted by molar-refractivity contribution is -0.120. The van der Waals surface area contributed by atoms with Gasteiger partial charge in [-0.2, -0.15) is 4.98 Å². The number of benzene rings is 2. The molecule has 1 aliphatic heterocycles. The molecule has 1 amide bonds. The van der Waals surface area contributed by atoms with Crippen LogP contribution in [-0.4, -0.2) is 60.3 Å². The average Bonchev–Trinajstić information content (AvgIpc) is 2.94. The molecular formula is C29H36N6O4. The molecule has 1 fully saturated rings. The minimum atomic E-state index is -0.724. The number of ketones is 1. The minimum Gasteiger partial charge on any atom is -0.491 e. The molecule has 2 heterocycles. The van der Waals surface area contributed by atoms with Crippen LogP contribution in [0.1, 0.15) is 54.6 Å². The second-order valence-electron chi connectivity index (χ2n) is 9.88. The molecule has 39 heavy (non-hydrogen) atoms. The predicted octanol–water partition coefficient (Wildman–Crippen LogP) is 4.11. The van der Waals surface area contributed by atoms with E-state index in [1.165, 1.54) is 5.56 Å². The molecule has 10 nitrogen and oxygen atoms in total. The Kier molecular flexibility index (Phi) is 9.80. The first-order valence-corrected chi connectivity index (χ1v) is 13.3. The molecule has 1 saturated heterocycles. The van der Waals surface area contributed by atoms with Gasteiger partial charge in [0.05, 0.1) is 6.61 Å². The summed E-state index contributed by atoms with van der Waals surface area (Å²) in [5, 5.41) is 11.4. The van der Waals surface area contributed by atoms with Gasteiger partial charge in [-0.1, -0.05) is 37.3 Å². The van der Waals surface area contributed by atoms with Gasteiger partial charge >= 0.3 is 0 Å². The maximum absolute atomic E-state index is 12.9. The number of carbonyl (C=O) groups excluding carboxylic acids is 2. The van der Waals surface area contributed by atoms with Gasteiger partial charge in [-0.25, -0.2) is 0 Å². The Hall–Kier alpha value is -4.05. The van der Waals surface area contributed by atoms with E-state index in [0.717, 1.165) is 19.4 Å². The molecule has 2 aromatic carbocycles. The van der Waals surface area contributed by atoms with Crippen LogP contribution in [-0.2, 0) is 9.53 Å². The van der Waals surface area contributed by atoms with Gasteiger partial charge in [0.1, 0.15) is 18.1 Å². The molecule has 3 aromatic rings. The quantitative estimate of drug-likeness (QED) is 0.312. The predicted molar refractivity (Wildman–Crippen MR) is 149 cm³/mol. The van der Waals surface area contributed by atoms with E-state index < -0.39 is 5.91 Å². The van der Waals surface area contributed by atoms with Crippen LogP contribution in [0.2, 0.25) is 0 Å². The molecule has 0 bridgehead atoms. The molecule has 0 spiro atoms. The summed E-state index contributed by atoms with van der Waals surface area (Å²) in [5.41, 5.74) is 7.37. The van der Waals surface area contributed by atoms with Crippen LogP contribution in [0, 0.1) is 5.92 Å². The largest absolute Gasteiger partial charge is 0.491 e. The number of aromatic nitrogens is 3. The van der Waals surface area contributed by atoms with Gasteiger partial charge < -0.3 is 25.4 Å². The molecule has 206 valence electrons. The highest BCUT2D eigenvalue weighted by molar-refractivity contribution is 5.96. The van der Waals surface area contributed by atoms with Gasteiger partial charge in [-0.15, -0.1) is 10.2 Å². The number of piperidine rings is 1. The van der Waals surface area contributed by atoms with Crippen LogP contribution < -0.4 is 20.7 Å². The third-order valence-corrected chi connectivity index (χ3v) is 6.80. The van der Waals surface area contributed by atoms with Crippen molar-refractivity contribution in [1.29, 1.82) is 0 Å². The van der Waals surface area contributed by atoms with Crippen LogP contribution in [0.25, 0.3) is 0 Å². The van der Waals surface area contributed by atoms with Gasteiger partial charge in [0.25, 0.3) is 5.91 Å². The molecule has 0 saturated carbocycles. The molecule has 1 aliphatic rings. The fourth-order valence-corrected chi connectivity index (χ4v) is 4.78. The van der Waals surface area contributed by atoms with E-state index in [2.05, 4.69) is 39.6 Å². The molecule has 2 atom stereocenters. The van der Waals surface area contributed by atoms with Crippen molar-refractivity contribution >= 4 is 29.1 Å². The van der Waals surface area contributed by atoms with Crippen LogP contribution in [0.3, 0.4) is 0 Å². The summed E-state index contributed by atoms with van der Waals surface area (Å²) < 4.78 is 10.6. The Morgan fingerprint density at radius 3 is 2.59 bits per heavy atom. The van der Waals surface area contributed by atoms with Crippen molar-refractivity contribution in [2.45, 2.75) is 38.5 Å². The lowest BCUT2D eigenvalue weighted by atomic mass is 9.88. The number of carbonyl (C=O) groups is 2. The summed E-state index contributed by atoms with van der Waals surface area (Å²) in [6.07, 6.45) is 2.93. The highest BCUT2D eigenvalue weighted by atomic mass is 16.5. The Morgan fingerprint density at radius 1 is 1.10 bits per heavy atom. The Labute approximate surface area is 228 Å². The molecular weight excluding hydrogens is 496 g/mol. The van der Waals surface area contributed by atoms with E-state index >= 15 is 0 Å². The number of amides is 1. The second kappa shape index (κ2) is 13.7. The number of nitrogens with two attached hydrogens (primary N) is 1. The van der Waals surface area contributed by atoms with Crippen molar-refractivity contribution in [2.75, 3.05) is 43.6 Å². The lowest BCUT2D eigenvalue weighted by Gasteiger charge is -2.32. The summed E-state index contributed by atoms with van der Waals surface area (Å²) in [4.78, 5) is 31.5. The number of methoxy groups -OCH3 is 1. The zero-order valence-electron chi connectivity index (χ0n) is 22.5. The highest BCUT2D eigenvalue weighted by Gasteiger charge is 2.26. The van der Waals surface area contributed by atoms with Crippen molar-refractivity contribution in [3.05, 3.63) is 65.9 Å². The van der Waals surface area contributed by atoms with Crippen molar-refractivity contribution in [1.82, 2.24) is 15.2 Å². The average molecular weight is 533 g/mol. The van der Waals surface area contributed by atoms with E-state index in [0.29, 0.717) is 50.0 Å². The van der Waals surface area contributed by atoms with Gasteiger partial charge in [-0.05, 0) is 54.5 Å². The van der Waals surface area contributed by atoms with Crippen molar-refractivity contribution in [2.24, 2.45) is 11.7 Å². The smallest absolute Gasteiger partial charge is 0.273 e. The summed E-state index contributed by atoms with van der Waals surface area (Å²) >= 11 is 0. The van der Waals surface area contributed by atoms with Gasteiger partial charge in [-0.3, -0.25) is 9.59 Å². The van der Waals surface area contributed by atoms with Crippen molar-refractivity contribution < 1.29 is 19.1 Å². The van der Waals surface area contributed by atoms with E-state index in [9.17, 15) is 9.59 Å². The SMILES string of the molecule is COCCOc1ccc(Nc2nc(N3CCC[C@@H](CC(=O)C[C@H](C)c4ccccc4)C3)nnc2C(N)=O)cc1. The molecule has 10 heteroatoms. The molecule has 4 rings (SSSR count). The number of rotatable bonds is 13. The van der Waals surface area contributed by atoms with Crippen molar-refractivity contribution in [3.8, 4) is 5.75 Å². The number of hydrogen-bond donors (Lipinski definition) is 2. The zero-order chi connectivity index (χ0) is 27.6. The minimum absolute atomic E-state index is 0.0437. The zero-order valence-corrected chi connectivity index (χ0v) is 22.5. The summed E-state index contributed by atoms with van der Waals surface area (Å²) in [6, 6.07) is 17.4. The monoisotopic (exact) mass is 532 g/mol. The topological polar surface area (TPSA) is 133 Å². The summed E-state index contributed by atoms with van der Waals surface area (Å²) in [5.74, 6) is 1.26. The van der Waals surface area contributed by atoms with E-state index in [1.54, 1.807) is 7.11 Å². The number of nitrogens with zero attached hydrogens (tertiary/aromatic N) is 4. The van der Waals surface area contributed by atoms with E-state index in [1.807, 2.05) is 47.4 Å². The normalized spacial score (nSPS) is 15.9. The molecule has 0 aliphatic carbocycles. The lowest BCUT2D eigenvalue weighted by Crippen LogP contribution is -2.38. The van der Waals surface area contributed by atoms with Gasteiger partial charge in [0, 0.05) is 38.7 Å². The third kappa shape index (κ3) is 7.97. The summed E-state index contributed by atoms with van der Waals surface area (Å²) in [6.45, 7) is 4.43. The first kappa shape index (κ1) is 28.0. The van der Waals surface area contributed by atoms with Crippen LogP contribution >= 0.6 is 0 Å². The fraction of sp³-hybridized carbons (Fsp3) is 0.414. The van der Waals surface area contributed by atoms with Crippen molar-refractivity contribution in [3.63, 3.8) is 0 Å². The standard InChI is InChI=1S/C29H36N6O4/c1-20(22-8-4-3-5-9-22)17-24(36)18-21-7-6-14-35(19-21)29-32-28(26(27(30)37)33-34-29)31-23-10-12-25(13-11-23)39-16-15-38-2/h3-5,8-13,20-21H,6-7,14-19H2,1-2H3,(H2,30,37)(H,31,32,34)/t20-,21-/m0/s1. The first-order valence-electron chi connectivity index (χ1n) is 13.3. The Balaban J connectivity index is 1.40. The maximum Gasteiger partial charge on any atom is 0.273 e. The highest BCUT2D eigenvalue weighted by Crippen LogP contribution is 2.27. The fourth-order valence-electron chi connectivity index (χ4n) is 4.78. The van der Waals surface area contributed by atoms with Crippen LogP contribution in [0.15, 0.2) is 54.6 Å². The van der Waals surface area contributed by atoms with E-state index in [4.69, 9.17) is 15.2 Å². The first-order chi connectivity index (χ1) is 18.9. The Bertz CT molecular complexity index is 1240. The maximum atomic E-state index is 12.9. The number of ether oxygens (including phenoxy) is 2. The summed E-state index contributed by atoms with van der Waals surface area (Å²) in [7, 11) is 1.62. The number of nitrogens with one attached hydrogen (secondary N) is 1. The van der Waals surface area contributed by atoms with Gasteiger partial charge in [0.2, 0.25) is 5.95 Å². The molecule has 0 unspecified atom stereocenters. The molecule has 3 N–H and O–H groups in total. The Morgan fingerprint density at radius 2 is 1.87 bits per heavy atom. The number of primary amides is 1. The van der Waals surface area contributed by atoms with Crippen LogP contribution in [0.4, 0.5) is 17.5 Å².